The second kappa shape index (κ2) is 12.2. The highest BCUT2D eigenvalue weighted by Gasteiger charge is 2.35. The number of benzene rings is 4. The zero-order valence-corrected chi connectivity index (χ0v) is 28.0. The average molecular weight is 575 g/mol. The lowest BCUT2D eigenvalue weighted by Gasteiger charge is -2.34. The van der Waals surface area contributed by atoms with E-state index in [1.54, 1.807) is 5.57 Å². The summed E-state index contributed by atoms with van der Waals surface area (Å²) in [5, 5.41) is 5.95. The van der Waals surface area contributed by atoms with Crippen molar-refractivity contribution in [2.45, 2.75) is 73.6 Å². The van der Waals surface area contributed by atoms with E-state index in [4.69, 9.17) is 0 Å². The van der Waals surface area contributed by atoms with E-state index in [0.29, 0.717) is 11.3 Å². The van der Waals surface area contributed by atoms with Crippen molar-refractivity contribution in [1.29, 1.82) is 0 Å². The third kappa shape index (κ3) is 6.67. The maximum absolute atomic E-state index is 2.50. The van der Waals surface area contributed by atoms with E-state index in [9.17, 15) is 0 Å². The van der Waals surface area contributed by atoms with Crippen LogP contribution in [0.2, 0.25) is 0 Å². The fourth-order valence-electron chi connectivity index (χ4n) is 6.68. The molecule has 4 aromatic carbocycles. The van der Waals surface area contributed by atoms with Crippen molar-refractivity contribution in [1.82, 2.24) is 0 Å². The molecule has 0 saturated heterocycles. The van der Waals surface area contributed by atoms with Crippen LogP contribution in [0, 0.1) is 55.4 Å². The van der Waals surface area contributed by atoms with Gasteiger partial charge in [0, 0.05) is 11.3 Å². The first-order valence-corrected chi connectivity index (χ1v) is 17.6. The highest BCUT2D eigenvalue weighted by molar-refractivity contribution is 7.75. The average Bonchev–Trinajstić information content (AvgIpc) is 3.31. The first kappa shape index (κ1) is 29.7. The largest absolute Gasteiger partial charge is 0.0724 e. The Bertz CT molecular complexity index is 1470. The molecule has 41 heavy (non-hydrogen) atoms. The van der Waals surface area contributed by atoms with Crippen molar-refractivity contribution in [3.63, 3.8) is 0 Å². The van der Waals surface area contributed by atoms with Crippen LogP contribution in [-0.2, 0) is 0 Å². The summed E-state index contributed by atoms with van der Waals surface area (Å²) in [6.45, 7) is 20.5. The predicted octanol–water partition coefficient (Wildman–Crippen LogP) is 8.97. The molecule has 0 bridgehead atoms. The molecule has 0 heterocycles. The fraction of sp³-hybridized carbons (Fsp3) is 0.282. The van der Waals surface area contributed by atoms with Crippen LogP contribution in [0.15, 0.2) is 96.6 Å². The van der Waals surface area contributed by atoms with Gasteiger partial charge in [0.2, 0.25) is 0 Å². The van der Waals surface area contributed by atoms with Gasteiger partial charge in [0.1, 0.15) is 0 Å². The first-order valence-electron chi connectivity index (χ1n) is 14.8. The van der Waals surface area contributed by atoms with Crippen molar-refractivity contribution in [3.8, 4) is 0 Å². The lowest BCUT2D eigenvalue weighted by molar-refractivity contribution is 1.06. The van der Waals surface area contributed by atoms with Gasteiger partial charge < -0.3 is 0 Å². The molecular formula is C39H44P2. The summed E-state index contributed by atoms with van der Waals surface area (Å²) in [5.74, 6) is 0. The van der Waals surface area contributed by atoms with E-state index in [0.717, 1.165) is 0 Å². The summed E-state index contributed by atoms with van der Waals surface area (Å²) >= 11 is 0. The summed E-state index contributed by atoms with van der Waals surface area (Å²) in [6, 6.07) is 28.8. The summed E-state index contributed by atoms with van der Waals surface area (Å²) in [5.41, 5.74) is 13.2. The van der Waals surface area contributed by atoms with Crippen molar-refractivity contribution < 1.29 is 0 Å². The second-order valence-electron chi connectivity index (χ2n) is 12.3. The molecule has 4 aromatic rings. The summed E-state index contributed by atoms with van der Waals surface area (Å²) in [4.78, 5) is 0. The second-order valence-corrected chi connectivity index (χ2v) is 17.2. The molecule has 1 aliphatic rings. The molecule has 0 aliphatic heterocycles. The van der Waals surface area contributed by atoms with E-state index in [1.807, 2.05) is 0 Å². The summed E-state index contributed by atoms with van der Waals surface area (Å²) in [6.07, 6.45) is 7.30. The molecular weight excluding hydrogens is 530 g/mol. The van der Waals surface area contributed by atoms with Gasteiger partial charge in [-0.3, -0.25) is 0 Å². The molecule has 0 N–H and O–H groups in total. The molecule has 0 fully saturated rings. The minimum absolute atomic E-state index is 0.379. The fourth-order valence-corrected chi connectivity index (χ4v) is 13.1. The van der Waals surface area contributed by atoms with Crippen molar-refractivity contribution >= 4 is 37.1 Å². The molecule has 2 heteroatoms. The van der Waals surface area contributed by atoms with E-state index < -0.39 is 15.8 Å². The standard InChI is InChI=1S/C39H44P2/c1-25-13-26(2)18-34(17-25)40(35-19-27(3)14-28(4)20-35)33(9)38-11-10-12-39(38)41(36-21-29(5)15-30(6)22-36)37-23-31(7)16-32(8)24-37/h10-24,33,39H,1-9H3/t33-,39?/m1/s1. The molecule has 210 valence electrons. The van der Waals surface area contributed by atoms with Crippen molar-refractivity contribution in [3.05, 3.63) is 141 Å². The molecule has 2 atom stereocenters. The third-order valence-electron chi connectivity index (χ3n) is 8.01. The molecule has 0 amide bonds. The SMILES string of the molecule is Cc1cc(C)cc(P(c2cc(C)cc(C)c2)C2C=CC=C2[C@@H](C)P(c2cc(C)cc(C)c2)c2cc(C)cc(C)c2)c1. The Morgan fingerprint density at radius 2 is 0.780 bits per heavy atom. The smallest absolute Gasteiger partial charge is 0.0273 e. The molecule has 5 rings (SSSR count). The van der Waals surface area contributed by atoms with Crippen molar-refractivity contribution in [2.24, 2.45) is 0 Å². The van der Waals surface area contributed by atoms with E-state index in [1.165, 1.54) is 65.7 Å². The zero-order valence-electron chi connectivity index (χ0n) is 26.2. The Kier molecular flexibility index (Phi) is 8.85. The van der Waals surface area contributed by atoms with E-state index in [-0.39, 0.29) is 0 Å². The predicted molar refractivity (Wildman–Crippen MR) is 187 cm³/mol. The Labute approximate surface area is 251 Å². The van der Waals surface area contributed by atoms with Crippen LogP contribution in [0.1, 0.15) is 51.4 Å². The summed E-state index contributed by atoms with van der Waals surface area (Å²) < 4.78 is 0. The number of allylic oxidation sites excluding steroid dienone is 4. The minimum Gasteiger partial charge on any atom is -0.0724 e. The zero-order chi connectivity index (χ0) is 29.4. The number of hydrogen-bond acceptors (Lipinski definition) is 0. The lowest BCUT2D eigenvalue weighted by Crippen LogP contribution is -2.29. The third-order valence-corrected chi connectivity index (χ3v) is 13.4. The van der Waals surface area contributed by atoms with Crippen LogP contribution in [0.25, 0.3) is 0 Å². The van der Waals surface area contributed by atoms with Gasteiger partial charge in [-0.05, 0) is 92.5 Å². The minimum atomic E-state index is -0.621. The van der Waals surface area contributed by atoms with Gasteiger partial charge in [0.25, 0.3) is 0 Å². The molecule has 1 aliphatic carbocycles. The van der Waals surface area contributed by atoms with Gasteiger partial charge in [-0.15, -0.1) is 0 Å². The number of hydrogen-bond donors (Lipinski definition) is 0. The van der Waals surface area contributed by atoms with Crippen LogP contribution in [-0.4, -0.2) is 11.3 Å². The van der Waals surface area contributed by atoms with E-state index >= 15 is 0 Å². The van der Waals surface area contributed by atoms with Crippen LogP contribution >= 0.6 is 15.8 Å². The molecule has 0 radical (unpaired) electrons. The monoisotopic (exact) mass is 574 g/mol. The Morgan fingerprint density at radius 3 is 1.12 bits per heavy atom. The maximum atomic E-state index is 2.50. The van der Waals surface area contributed by atoms with Crippen LogP contribution < -0.4 is 21.2 Å². The number of aryl methyl sites for hydroxylation is 8. The Hall–Kier alpha value is -2.78. The quantitative estimate of drug-likeness (QED) is 0.193. The lowest BCUT2D eigenvalue weighted by atomic mass is 10.1. The molecule has 0 spiro atoms. The van der Waals surface area contributed by atoms with Gasteiger partial charge in [0.05, 0.1) is 0 Å². The van der Waals surface area contributed by atoms with Gasteiger partial charge in [-0.2, -0.15) is 0 Å². The molecule has 0 saturated carbocycles. The van der Waals surface area contributed by atoms with Crippen LogP contribution in [0.4, 0.5) is 0 Å². The highest BCUT2D eigenvalue weighted by atomic mass is 31.1. The van der Waals surface area contributed by atoms with Gasteiger partial charge >= 0.3 is 0 Å². The normalized spacial score (nSPS) is 15.6. The van der Waals surface area contributed by atoms with Crippen molar-refractivity contribution in [2.75, 3.05) is 0 Å². The van der Waals surface area contributed by atoms with Crippen LogP contribution in [0.3, 0.4) is 0 Å². The Balaban J connectivity index is 1.66. The Morgan fingerprint density at radius 1 is 0.463 bits per heavy atom. The molecule has 1 unspecified atom stereocenters. The molecule has 0 aromatic heterocycles. The van der Waals surface area contributed by atoms with Gasteiger partial charge in [-0.25, -0.2) is 0 Å². The van der Waals surface area contributed by atoms with Crippen LogP contribution in [0.5, 0.6) is 0 Å². The topological polar surface area (TPSA) is 0 Å². The highest BCUT2D eigenvalue weighted by Crippen LogP contribution is 2.53. The maximum Gasteiger partial charge on any atom is 0.0273 e. The van der Waals surface area contributed by atoms with E-state index in [2.05, 4.69) is 153 Å². The summed E-state index contributed by atoms with van der Waals surface area (Å²) in [7, 11) is -1.22. The molecule has 0 nitrogen and oxygen atoms in total. The van der Waals surface area contributed by atoms with Gasteiger partial charge in [-0.1, -0.05) is 148 Å². The number of rotatable bonds is 7. The van der Waals surface area contributed by atoms with Gasteiger partial charge in [0.15, 0.2) is 0 Å². The first-order chi connectivity index (χ1) is 19.5.